The summed E-state index contributed by atoms with van der Waals surface area (Å²) in [5.41, 5.74) is 1.94. The molecule has 3 aromatic rings. The van der Waals surface area contributed by atoms with Crippen molar-refractivity contribution in [3.63, 3.8) is 0 Å². The Morgan fingerprint density at radius 1 is 1.06 bits per heavy atom. The molecule has 3 aromatic carbocycles. The van der Waals surface area contributed by atoms with Crippen LogP contribution in [0.5, 0.6) is 0 Å². The summed E-state index contributed by atoms with van der Waals surface area (Å²) in [5.74, 6) is -1.25. The first-order chi connectivity index (χ1) is 17.0. The molecule has 0 aromatic heterocycles. The lowest BCUT2D eigenvalue weighted by Gasteiger charge is -2.30. The van der Waals surface area contributed by atoms with Crippen LogP contribution >= 0.6 is 23.2 Å². The van der Waals surface area contributed by atoms with Gasteiger partial charge in [0.1, 0.15) is 0 Å². The topological polar surface area (TPSA) is 79.2 Å². The second-order valence-corrected chi connectivity index (χ2v) is 10.1. The van der Waals surface area contributed by atoms with E-state index in [4.69, 9.17) is 27.9 Å². The Morgan fingerprint density at radius 3 is 2.36 bits per heavy atom. The van der Waals surface area contributed by atoms with Gasteiger partial charge in [-0.05, 0) is 81.1 Å². The molecule has 0 radical (unpaired) electrons. The highest BCUT2D eigenvalue weighted by molar-refractivity contribution is 6.33. The third-order valence-corrected chi connectivity index (χ3v) is 6.66. The Hall–Kier alpha value is -3.33. The number of nitrogens with one attached hydrogen (secondary N) is 1. The fraction of sp³-hybridized carbons (Fsp3) is 0.276. The van der Waals surface area contributed by atoms with E-state index in [0.717, 1.165) is 11.1 Å². The maximum atomic E-state index is 13.3. The second kappa shape index (κ2) is 11.6. The first-order valence-corrected chi connectivity index (χ1v) is 12.3. The highest BCUT2D eigenvalue weighted by Gasteiger charge is 2.35. The molecule has 1 amide bonds. The maximum Gasteiger partial charge on any atom is 0.340 e. The Bertz CT molecular complexity index is 1280. The van der Waals surface area contributed by atoms with Gasteiger partial charge in [0.05, 0.1) is 22.2 Å². The number of nitrogens with zero attached hydrogens (tertiary/aromatic N) is 1. The minimum Gasteiger partial charge on any atom is -0.446 e. The zero-order chi connectivity index (χ0) is 26.5. The molecule has 0 fully saturated rings. The van der Waals surface area contributed by atoms with E-state index in [2.05, 4.69) is 11.4 Å². The number of hydrogen-bond acceptors (Lipinski definition) is 4. The molecular formula is C29H28Cl2N2O3. The Labute approximate surface area is 222 Å². The lowest BCUT2D eigenvalue weighted by atomic mass is 9.85. The number of esters is 1. The summed E-state index contributed by atoms with van der Waals surface area (Å²) in [6.45, 7) is 6.75. The van der Waals surface area contributed by atoms with Crippen molar-refractivity contribution in [3.05, 3.63) is 105 Å². The average molecular weight is 523 g/mol. The van der Waals surface area contributed by atoms with E-state index in [9.17, 15) is 14.9 Å². The number of hydrogen-bond donors (Lipinski definition) is 1. The number of carbonyl (C=O) groups is 2. The number of carbonyl (C=O) groups excluding carboxylic acids is 2. The first-order valence-electron chi connectivity index (χ1n) is 11.6. The van der Waals surface area contributed by atoms with Gasteiger partial charge < -0.3 is 10.1 Å². The minimum atomic E-state index is -1.45. The van der Waals surface area contributed by atoms with Gasteiger partial charge in [-0.25, -0.2) is 4.79 Å². The predicted molar refractivity (Wildman–Crippen MR) is 142 cm³/mol. The number of rotatable bonds is 8. The number of halogens is 2. The Morgan fingerprint density at radius 2 is 1.72 bits per heavy atom. The first kappa shape index (κ1) is 27.3. The van der Waals surface area contributed by atoms with Gasteiger partial charge >= 0.3 is 5.97 Å². The molecule has 0 aliphatic heterocycles. The van der Waals surface area contributed by atoms with E-state index in [0.29, 0.717) is 22.6 Å². The van der Waals surface area contributed by atoms with E-state index in [1.165, 1.54) is 0 Å². The van der Waals surface area contributed by atoms with Gasteiger partial charge in [0.15, 0.2) is 5.60 Å². The zero-order valence-corrected chi connectivity index (χ0v) is 22.2. The predicted octanol–water partition coefficient (Wildman–Crippen LogP) is 6.64. The molecular weight excluding hydrogens is 495 g/mol. The van der Waals surface area contributed by atoms with Crippen molar-refractivity contribution in [2.24, 2.45) is 0 Å². The van der Waals surface area contributed by atoms with Crippen molar-refractivity contribution in [1.82, 2.24) is 5.32 Å². The number of benzene rings is 3. The molecule has 0 aliphatic rings. The van der Waals surface area contributed by atoms with Crippen molar-refractivity contribution >= 4 is 35.1 Å². The molecule has 2 atom stereocenters. The maximum absolute atomic E-state index is 13.3. The molecule has 0 heterocycles. The van der Waals surface area contributed by atoms with Crippen LogP contribution in [-0.2, 0) is 16.0 Å². The molecule has 186 valence electrons. The van der Waals surface area contributed by atoms with Crippen molar-refractivity contribution < 1.29 is 14.3 Å². The molecule has 0 saturated heterocycles. The van der Waals surface area contributed by atoms with Crippen molar-refractivity contribution in [3.8, 4) is 6.07 Å². The van der Waals surface area contributed by atoms with Crippen LogP contribution in [0.4, 0.5) is 0 Å². The molecule has 0 spiro atoms. The second-order valence-electron chi connectivity index (χ2n) is 9.27. The standard InChI is InChI=1S/C29H28Cl2N2O3/c1-18-7-5-10-25(31)26(18)27(34)36-29(3,4)28(35)33-19(2)24(16-20-11-13-23(30)14-12-20)22-9-6-8-21(15-22)17-32/h5-15,19,24H,16H2,1-4H3,(H,33,35)/t19-,24+/m0/s1. The summed E-state index contributed by atoms with van der Waals surface area (Å²) in [4.78, 5) is 26.1. The molecule has 36 heavy (non-hydrogen) atoms. The van der Waals surface area contributed by atoms with Crippen LogP contribution in [0.25, 0.3) is 0 Å². The summed E-state index contributed by atoms with van der Waals surface area (Å²) in [5, 5.41) is 13.3. The van der Waals surface area contributed by atoms with Gasteiger partial charge in [-0.15, -0.1) is 0 Å². The summed E-state index contributed by atoms with van der Waals surface area (Å²) >= 11 is 12.3. The average Bonchev–Trinajstić information content (AvgIpc) is 2.83. The largest absolute Gasteiger partial charge is 0.446 e. The lowest BCUT2D eigenvalue weighted by Crippen LogP contribution is -2.50. The molecule has 1 N–H and O–H groups in total. The molecule has 0 unspecified atom stereocenters. The van der Waals surface area contributed by atoms with Gasteiger partial charge in [0.25, 0.3) is 5.91 Å². The van der Waals surface area contributed by atoms with Crippen molar-refractivity contribution in [2.45, 2.75) is 51.7 Å². The third-order valence-electron chi connectivity index (χ3n) is 6.10. The summed E-state index contributed by atoms with van der Waals surface area (Å²) in [6.07, 6.45) is 0.604. The van der Waals surface area contributed by atoms with Gasteiger partial charge in [0, 0.05) is 17.0 Å². The molecule has 7 heteroatoms. The molecule has 0 bridgehead atoms. The highest BCUT2D eigenvalue weighted by Crippen LogP contribution is 2.28. The summed E-state index contributed by atoms with van der Waals surface area (Å²) < 4.78 is 5.61. The van der Waals surface area contributed by atoms with Gasteiger partial charge in [0.2, 0.25) is 0 Å². The monoisotopic (exact) mass is 522 g/mol. The third kappa shape index (κ3) is 6.66. The van der Waals surface area contributed by atoms with Crippen molar-refractivity contribution in [1.29, 1.82) is 5.26 Å². The Balaban J connectivity index is 1.82. The molecule has 0 saturated carbocycles. The van der Waals surface area contributed by atoms with Crippen LogP contribution < -0.4 is 5.32 Å². The zero-order valence-electron chi connectivity index (χ0n) is 20.6. The van der Waals surface area contributed by atoms with E-state index in [1.807, 2.05) is 49.4 Å². The van der Waals surface area contributed by atoms with Gasteiger partial charge in [-0.3, -0.25) is 4.79 Å². The fourth-order valence-corrected chi connectivity index (χ4v) is 4.42. The SMILES string of the molecule is Cc1cccc(Cl)c1C(=O)OC(C)(C)C(=O)N[C@@H](C)[C@@H](Cc1ccc(Cl)cc1)c1cccc(C#N)c1. The lowest BCUT2D eigenvalue weighted by molar-refractivity contribution is -0.138. The smallest absolute Gasteiger partial charge is 0.340 e. The fourth-order valence-electron chi connectivity index (χ4n) is 4.00. The number of ether oxygens (including phenoxy) is 1. The minimum absolute atomic E-state index is 0.152. The number of aryl methyl sites for hydroxylation is 1. The number of nitriles is 1. The van der Waals surface area contributed by atoms with Gasteiger partial charge in [-0.2, -0.15) is 5.26 Å². The quantitative estimate of drug-likeness (QED) is 0.336. The van der Waals surface area contributed by atoms with E-state index in [-0.39, 0.29) is 22.5 Å². The van der Waals surface area contributed by atoms with Crippen LogP contribution in [0.1, 0.15) is 59.3 Å². The van der Waals surface area contributed by atoms with Crippen LogP contribution in [0.3, 0.4) is 0 Å². The Kier molecular flexibility index (Phi) is 8.79. The van der Waals surface area contributed by atoms with Gasteiger partial charge in [-0.1, -0.05) is 59.6 Å². The van der Waals surface area contributed by atoms with Crippen LogP contribution in [0.2, 0.25) is 10.0 Å². The van der Waals surface area contributed by atoms with Crippen LogP contribution in [0, 0.1) is 18.3 Å². The van der Waals surface area contributed by atoms with E-state index >= 15 is 0 Å². The molecule has 3 rings (SSSR count). The summed E-state index contributed by atoms with van der Waals surface area (Å²) in [6, 6.07) is 21.8. The molecule has 5 nitrogen and oxygen atoms in total. The van der Waals surface area contributed by atoms with Crippen molar-refractivity contribution in [2.75, 3.05) is 0 Å². The normalized spacial score (nSPS) is 12.8. The summed E-state index contributed by atoms with van der Waals surface area (Å²) in [7, 11) is 0. The van der Waals surface area contributed by atoms with E-state index < -0.39 is 17.5 Å². The highest BCUT2D eigenvalue weighted by atomic mass is 35.5. The van der Waals surface area contributed by atoms with Crippen LogP contribution in [-0.4, -0.2) is 23.5 Å². The number of amides is 1. The molecule has 0 aliphatic carbocycles. The van der Waals surface area contributed by atoms with E-state index in [1.54, 1.807) is 45.0 Å². The van der Waals surface area contributed by atoms with Crippen LogP contribution in [0.15, 0.2) is 66.7 Å².